The van der Waals surface area contributed by atoms with E-state index in [4.69, 9.17) is 4.74 Å². The lowest BCUT2D eigenvalue weighted by Crippen LogP contribution is -2.35. The Hall–Kier alpha value is -2.00. The highest BCUT2D eigenvalue weighted by Crippen LogP contribution is 2.17. The molecule has 0 radical (unpaired) electrons. The normalized spacial score (nSPS) is 16.5. The third kappa shape index (κ3) is 3.52. The molecule has 0 N–H and O–H groups in total. The van der Waals surface area contributed by atoms with Gasteiger partial charge in [-0.05, 0) is 12.1 Å². The predicted molar refractivity (Wildman–Crippen MR) is 71.2 cm³/mol. The Labute approximate surface area is 115 Å². The number of nitro groups is 1. The Balaban J connectivity index is 2.13. The van der Waals surface area contributed by atoms with Crippen molar-refractivity contribution in [3.8, 4) is 0 Å². The fourth-order valence-corrected chi connectivity index (χ4v) is 2.48. The Bertz CT molecular complexity index is 605. The number of hydrogen-bond donors (Lipinski definition) is 0. The van der Waals surface area contributed by atoms with Gasteiger partial charge in [0.25, 0.3) is 15.7 Å². The Morgan fingerprint density at radius 1 is 1.25 bits per heavy atom. The lowest BCUT2D eigenvalue weighted by molar-refractivity contribution is -0.384. The van der Waals surface area contributed by atoms with Gasteiger partial charge in [0.2, 0.25) is 0 Å². The van der Waals surface area contributed by atoms with Gasteiger partial charge in [-0.15, -0.1) is 4.40 Å². The largest absolute Gasteiger partial charge is 0.378 e. The first-order valence-electron chi connectivity index (χ1n) is 5.86. The van der Waals surface area contributed by atoms with E-state index in [1.54, 1.807) is 4.90 Å². The number of rotatable bonds is 4. The molecule has 0 saturated carbocycles. The lowest BCUT2D eigenvalue weighted by Gasteiger charge is -2.23. The van der Waals surface area contributed by atoms with Crippen molar-refractivity contribution in [3.63, 3.8) is 0 Å². The molecule has 2 rings (SSSR count). The second-order valence-electron chi connectivity index (χ2n) is 4.10. The molecule has 0 unspecified atom stereocenters. The van der Waals surface area contributed by atoms with Gasteiger partial charge in [-0.3, -0.25) is 10.1 Å². The molecule has 1 fully saturated rings. The van der Waals surface area contributed by atoms with Crippen LogP contribution in [0.1, 0.15) is 0 Å². The molecule has 8 nitrogen and oxygen atoms in total. The number of non-ortho nitro benzene ring substituents is 1. The van der Waals surface area contributed by atoms with Crippen molar-refractivity contribution in [2.75, 3.05) is 26.3 Å². The molecule has 1 aromatic carbocycles. The van der Waals surface area contributed by atoms with Crippen molar-refractivity contribution in [1.82, 2.24) is 4.90 Å². The highest BCUT2D eigenvalue weighted by molar-refractivity contribution is 7.90. The van der Waals surface area contributed by atoms with E-state index in [0.717, 1.165) is 12.1 Å². The van der Waals surface area contributed by atoms with Crippen LogP contribution in [0.5, 0.6) is 0 Å². The van der Waals surface area contributed by atoms with E-state index in [1.807, 2.05) is 0 Å². The average Bonchev–Trinajstić information content (AvgIpc) is 2.46. The van der Waals surface area contributed by atoms with Gasteiger partial charge < -0.3 is 9.64 Å². The first kappa shape index (κ1) is 14.4. The molecule has 0 atom stereocenters. The quantitative estimate of drug-likeness (QED) is 0.350. The summed E-state index contributed by atoms with van der Waals surface area (Å²) in [5.74, 6) is 0. The van der Waals surface area contributed by atoms with Gasteiger partial charge >= 0.3 is 0 Å². The molecule has 1 aliphatic heterocycles. The fraction of sp³-hybridized carbons (Fsp3) is 0.364. The van der Waals surface area contributed by atoms with E-state index >= 15 is 0 Å². The van der Waals surface area contributed by atoms with E-state index in [9.17, 15) is 18.5 Å². The summed E-state index contributed by atoms with van der Waals surface area (Å²) in [5, 5.41) is 10.5. The molecule has 0 amide bonds. The molecule has 0 spiro atoms. The van der Waals surface area contributed by atoms with Crippen molar-refractivity contribution in [3.05, 3.63) is 34.4 Å². The van der Waals surface area contributed by atoms with Gasteiger partial charge in [0.05, 0.1) is 23.0 Å². The fourth-order valence-electron chi connectivity index (χ4n) is 1.62. The summed E-state index contributed by atoms with van der Waals surface area (Å²) in [4.78, 5) is 11.6. The maximum atomic E-state index is 11.9. The Morgan fingerprint density at radius 2 is 1.85 bits per heavy atom. The van der Waals surface area contributed by atoms with E-state index < -0.39 is 14.9 Å². The smallest absolute Gasteiger partial charge is 0.283 e. The zero-order valence-electron chi connectivity index (χ0n) is 10.5. The number of ether oxygens (including phenoxy) is 1. The van der Waals surface area contributed by atoms with Crippen LogP contribution < -0.4 is 0 Å². The van der Waals surface area contributed by atoms with Crippen LogP contribution in [-0.2, 0) is 14.8 Å². The monoisotopic (exact) mass is 299 g/mol. The van der Waals surface area contributed by atoms with Crippen LogP contribution in [0.15, 0.2) is 33.6 Å². The van der Waals surface area contributed by atoms with E-state index in [-0.39, 0.29) is 10.6 Å². The number of hydrogen-bond acceptors (Lipinski definition) is 5. The van der Waals surface area contributed by atoms with Gasteiger partial charge in [-0.1, -0.05) is 0 Å². The maximum absolute atomic E-state index is 11.9. The second kappa shape index (κ2) is 5.97. The predicted octanol–water partition coefficient (Wildman–Crippen LogP) is 0.644. The van der Waals surface area contributed by atoms with Gasteiger partial charge in [0.1, 0.15) is 6.34 Å². The molecule has 0 aromatic heterocycles. The zero-order valence-corrected chi connectivity index (χ0v) is 11.3. The minimum atomic E-state index is -3.84. The highest BCUT2D eigenvalue weighted by Gasteiger charge is 2.15. The summed E-state index contributed by atoms with van der Waals surface area (Å²) in [5.41, 5.74) is -0.166. The van der Waals surface area contributed by atoms with E-state index in [0.29, 0.717) is 26.3 Å². The third-order valence-electron chi connectivity index (χ3n) is 2.74. The first-order valence-corrected chi connectivity index (χ1v) is 7.30. The van der Waals surface area contributed by atoms with Crippen LogP contribution >= 0.6 is 0 Å². The minimum absolute atomic E-state index is 0.0763. The van der Waals surface area contributed by atoms with Crippen molar-refractivity contribution in [2.24, 2.45) is 4.40 Å². The molecule has 108 valence electrons. The van der Waals surface area contributed by atoms with Crippen LogP contribution in [-0.4, -0.2) is 50.9 Å². The summed E-state index contributed by atoms with van der Waals surface area (Å²) in [7, 11) is -3.84. The van der Waals surface area contributed by atoms with Crippen molar-refractivity contribution >= 4 is 22.0 Å². The molecule has 1 heterocycles. The molecule has 1 saturated heterocycles. The van der Waals surface area contributed by atoms with Crippen LogP contribution in [0.4, 0.5) is 5.69 Å². The van der Waals surface area contributed by atoms with Crippen molar-refractivity contribution in [1.29, 1.82) is 0 Å². The van der Waals surface area contributed by atoms with Gasteiger partial charge in [0.15, 0.2) is 0 Å². The van der Waals surface area contributed by atoms with E-state index in [2.05, 4.69) is 4.40 Å². The number of nitro benzene ring substituents is 1. The number of sulfonamides is 1. The summed E-state index contributed by atoms with van der Waals surface area (Å²) < 4.78 is 32.6. The van der Waals surface area contributed by atoms with Gasteiger partial charge in [-0.25, -0.2) is 0 Å². The summed E-state index contributed by atoms with van der Waals surface area (Å²) in [6, 6.07) is 4.61. The number of benzene rings is 1. The molecule has 9 heteroatoms. The molecule has 20 heavy (non-hydrogen) atoms. The van der Waals surface area contributed by atoms with Gasteiger partial charge in [0, 0.05) is 25.2 Å². The standard InChI is InChI=1S/C11H13N3O5S/c15-14(16)10-1-3-11(4-2-10)20(17,18)12-9-13-5-7-19-8-6-13/h1-4,9H,5-8H2. The van der Waals surface area contributed by atoms with Crippen LogP contribution in [0.25, 0.3) is 0 Å². The summed E-state index contributed by atoms with van der Waals surface area (Å²) in [6.45, 7) is 2.23. The molecule has 1 aliphatic rings. The number of morpholine rings is 1. The summed E-state index contributed by atoms with van der Waals surface area (Å²) in [6.07, 6.45) is 1.26. The van der Waals surface area contributed by atoms with Gasteiger partial charge in [-0.2, -0.15) is 8.42 Å². The average molecular weight is 299 g/mol. The van der Waals surface area contributed by atoms with Crippen LogP contribution in [0.2, 0.25) is 0 Å². The summed E-state index contributed by atoms with van der Waals surface area (Å²) >= 11 is 0. The minimum Gasteiger partial charge on any atom is -0.378 e. The molecule has 1 aromatic rings. The topological polar surface area (TPSA) is 102 Å². The van der Waals surface area contributed by atoms with Crippen molar-refractivity contribution < 1.29 is 18.1 Å². The number of nitrogens with zero attached hydrogens (tertiary/aromatic N) is 3. The molecular formula is C11H13N3O5S. The van der Waals surface area contributed by atoms with Crippen LogP contribution in [0.3, 0.4) is 0 Å². The Morgan fingerprint density at radius 3 is 2.40 bits per heavy atom. The van der Waals surface area contributed by atoms with Crippen LogP contribution in [0, 0.1) is 10.1 Å². The van der Waals surface area contributed by atoms with E-state index in [1.165, 1.54) is 18.5 Å². The molecule has 0 aliphatic carbocycles. The second-order valence-corrected chi connectivity index (χ2v) is 5.73. The molecular weight excluding hydrogens is 286 g/mol. The lowest BCUT2D eigenvalue weighted by atomic mass is 10.3. The molecule has 0 bridgehead atoms. The highest BCUT2D eigenvalue weighted by atomic mass is 32.2. The van der Waals surface area contributed by atoms with Crippen molar-refractivity contribution in [2.45, 2.75) is 4.90 Å². The zero-order chi connectivity index (χ0) is 14.6. The maximum Gasteiger partial charge on any atom is 0.283 e. The Kier molecular flexibility index (Phi) is 4.30. The SMILES string of the molecule is O=[N+]([O-])c1ccc(S(=O)(=O)N=CN2CCOCC2)cc1. The first-order chi connectivity index (χ1) is 9.49. The third-order valence-corrected chi connectivity index (χ3v) is 3.98.